The van der Waals surface area contributed by atoms with Crippen molar-refractivity contribution in [1.82, 2.24) is 0 Å². The average molecular weight is 457 g/mol. The van der Waals surface area contributed by atoms with Crippen molar-refractivity contribution in [2.45, 2.75) is 121 Å². The summed E-state index contributed by atoms with van der Waals surface area (Å²) in [6.45, 7) is 3.51. The van der Waals surface area contributed by atoms with Crippen LogP contribution < -0.4 is 0 Å². The Morgan fingerprint density at radius 2 is 1.75 bits per heavy atom. The Morgan fingerprint density at radius 3 is 2.44 bits per heavy atom. The summed E-state index contributed by atoms with van der Waals surface area (Å²) >= 11 is 0. The van der Waals surface area contributed by atoms with Gasteiger partial charge in [0.25, 0.3) is 0 Å². The first-order valence-electron chi connectivity index (χ1n) is 11.8. The molecule has 0 aliphatic carbocycles. The zero-order chi connectivity index (χ0) is 23.9. The number of rotatable bonds is 10. The van der Waals surface area contributed by atoms with Crippen molar-refractivity contribution in [1.29, 1.82) is 0 Å². The minimum absolute atomic E-state index is 0.297. The molecule has 1 aliphatic heterocycles. The van der Waals surface area contributed by atoms with Gasteiger partial charge < -0.3 is 24.8 Å². The lowest BCUT2D eigenvalue weighted by Gasteiger charge is -2.21. The van der Waals surface area contributed by atoms with Gasteiger partial charge in [0.05, 0.1) is 24.7 Å². The largest absolute Gasteiger partial charge is 0.460 e. The lowest BCUT2D eigenvalue weighted by atomic mass is 10.0. The fourth-order valence-corrected chi connectivity index (χ4v) is 3.54. The van der Waals surface area contributed by atoms with Crippen LogP contribution in [0, 0.1) is 0 Å². The number of ether oxygens (including phenoxy) is 2. The third-order valence-electron chi connectivity index (χ3n) is 5.51. The summed E-state index contributed by atoms with van der Waals surface area (Å²) < 4.78 is 10.4. The molecule has 8 nitrogen and oxygen atoms in total. The predicted molar refractivity (Wildman–Crippen MR) is 119 cm³/mol. The second kappa shape index (κ2) is 15.9. The zero-order valence-electron chi connectivity index (χ0n) is 19.4. The summed E-state index contributed by atoms with van der Waals surface area (Å²) in [4.78, 5) is 36.8. The Balaban J connectivity index is 2.53. The number of aliphatic hydroxyl groups excluding tert-OH is 3. The molecule has 5 atom stereocenters. The van der Waals surface area contributed by atoms with Crippen LogP contribution in [-0.2, 0) is 23.9 Å². The van der Waals surface area contributed by atoms with Gasteiger partial charge in [0, 0.05) is 6.08 Å². The molecule has 0 radical (unpaired) electrons. The van der Waals surface area contributed by atoms with Gasteiger partial charge in [-0.3, -0.25) is 4.79 Å². The first-order chi connectivity index (χ1) is 15.2. The maximum Gasteiger partial charge on any atom is 0.348 e. The van der Waals surface area contributed by atoms with Crippen LogP contribution in [0.2, 0.25) is 0 Å². The molecule has 1 rings (SSSR count). The molecule has 1 heterocycles. The number of carbonyl (C=O) groups is 3. The van der Waals surface area contributed by atoms with Crippen molar-refractivity contribution in [3.8, 4) is 0 Å². The summed E-state index contributed by atoms with van der Waals surface area (Å²) in [5.41, 5.74) is 0. The molecule has 0 bridgehead atoms. The second-order valence-corrected chi connectivity index (χ2v) is 8.76. The van der Waals surface area contributed by atoms with Crippen LogP contribution in [0.4, 0.5) is 0 Å². The van der Waals surface area contributed by atoms with Gasteiger partial charge in [-0.2, -0.15) is 0 Å². The van der Waals surface area contributed by atoms with E-state index in [9.17, 15) is 29.7 Å². The molecule has 0 saturated carbocycles. The Morgan fingerprint density at radius 1 is 1.09 bits per heavy atom. The SMILES string of the molecule is CC(O)CCCCCCC(O)C=CC(=O)O[C@@H]1CC(=O)[C@@H](O)CCCCCC(C)OC1=O. The Kier molecular flexibility index (Phi) is 14.1. The minimum atomic E-state index is -1.43. The molecule has 32 heavy (non-hydrogen) atoms. The molecule has 0 aromatic heterocycles. The molecule has 184 valence electrons. The maximum atomic E-state index is 12.4. The topological polar surface area (TPSA) is 130 Å². The summed E-state index contributed by atoms with van der Waals surface area (Å²) in [5.74, 6) is -2.23. The molecule has 0 amide bonds. The third kappa shape index (κ3) is 12.9. The Labute approximate surface area is 191 Å². The van der Waals surface area contributed by atoms with Crippen molar-refractivity contribution in [2.75, 3.05) is 0 Å². The molecule has 0 aromatic carbocycles. The molecule has 1 aliphatic rings. The highest BCUT2D eigenvalue weighted by atomic mass is 16.6. The molecule has 8 heteroatoms. The number of carbonyl (C=O) groups excluding carboxylic acids is 3. The van der Waals surface area contributed by atoms with Gasteiger partial charge in [-0.25, -0.2) is 9.59 Å². The van der Waals surface area contributed by atoms with E-state index in [1.165, 1.54) is 6.08 Å². The highest BCUT2D eigenvalue weighted by molar-refractivity contribution is 5.91. The number of hydrogen-bond donors (Lipinski definition) is 3. The Bertz CT molecular complexity index is 601. The van der Waals surface area contributed by atoms with Crippen LogP contribution >= 0.6 is 0 Å². The number of hydrogen-bond acceptors (Lipinski definition) is 8. The lowest BCUT2D eigenvalue weighted by molar-refractivity contribution is -0.170. The molecule has 0 spiro atoms. The first-order valence-corrected chi connectivity index (χ1v) is 11.8. The quantitative estimate of drug-likeness (QED) is 0.260. The molecular formula is C24H40O8. The van der Waals surface area contributed by atoms with Gasteiger partial charge >= 0.3 is 11.9 Å². The Hall–Kier alpha value is -1.77. The van der Waals surface area contributed by atoms with E-state index in [1.54, 1.807) is 13.8 Å². The fraction of sp³-hybridized carbons (Fsp3) is 0.792. The molecule has 1 saturated heterocycles. The number of unbranched alkanes of at least 4 members (excludes halogenated alkanes) is 3. The first kappa shape index (κ1) is 28.3. The van der Waals surface area contributed by atoms with Gasteiger partial charge in [0.15, 0.2) is 5.78 Å². The maximum absolute atomic E-state index is 12.4. The van der Waals surface area contributed by atoms with Crippen LogP contribution in [0.5, 0.6) is 0 Å². The van der Waals surface area contributed by atoms with Gasteiger partial charge in [-0.15, -0.1) is 0 Å². The predicted octanol–water partition coefficient (Wildman–Crippen LogP) is 2.75. The van der Waals surface area contributed by atoms with Crippen molar-refractivity contribution >= 4 is 17.7 Å². The van der Waals surface area contributed by atoms with E-state index in [-0.39, 0.29) is 12.2 Å². The lowest BCUT2D eigenvalue weighted by Crippen LogP contribution is -2.36. The van der Waals surface area contributed by atoms with Crippen molar-refractivity contribution in [2.24, 2.45) is 0 Å². The third-order valence-corrected chi connectivity index (χ3v) is 5.51. The number of cyclic esters (lactones) is 1. The van der Waals surface area contributed by atoms with E-state index in [1.807, 2.05) is 0 Å². The van der Waals surface area contributed by atoms with Gasteiger partial charge in [-0.05, 0) is 52.0 Å². The molecular weight excluding hydrogens is 416 g/mol. The van der Waals surface area contributed by atoms with E-state index < -0.39 is 42.5 Å². The number of Topliss-reactive ketones (excluding diaryl/α,β-unsaturated/α-hetero) is 1. The van der Waals surface area contributed by atoms with Crippen molar-refractivity contribution in [3.63, 3.8) is 0 Å². The van der Waals surface area contributed by atoms with Gasteiger partial charge in [-0.1, -0.05) is 38.5 Å². The summed E-state index contributed by atoms with van der Waals surface area (Å²) in [6, 6.07) is 0. The summed E-state index contributed by atoms with van der Waals surface area (Å²) in [5, 5.41) is 29.2. The van der Waals surface area contributed by atoms with Gasteiger partial charge in [0.2, 0.25) is 6.10 Å². The molecule has 1 fully saturated rings. The van der Waals surface area contributed by atoms with Crippen LogP contribution in [-0.4, -0.2) is 63.6 Å². The number of ketones is 1. The normalized spacial score (nSPS) is 25.5. The highest BCUT2D eigenvalue weighted by Crippen LogP contribution is 2.16. The minimum Gasteiger partial charge on any atom is -0.460 e. The van der Waals surface area contributed by atoms with Crippen LogP contribution in [0.25, 0.3) is 0 Å². The van der Waals surface area contributed by atoms with E-state index >= 15 is 0 Å². The van der Waals surface area contributed by atoms with Crippen LogP contribution in [0.15, 0.2) is 12.2 Å². The van der Waals surface area contributed by atoms with E-state index in [4.69, 9.17) is 9.47 Å². The number of esters is 2. The average Bonchev–Trinajstić information content (AvgIpc) is 2.72. The highest BCUT2D eigenvalue weighted by Gasteiger charge is 2.31. The summed E-state index contributed by atoms with van der Waals surface area (Å²) in [7, 11) is 0. The van der Waals surface area contributed by atoms with Gasteiger partial charge in [0.1, 0.15) is 6.10 Å². The number of aliphatic hydroxyl groups is 3. The van der Waals surface area contributed by atoms with Crippen LogP contribution in [0.1, 0.15) is 90.9 Å². The van der Waals surface area contributed by atoms with Crippen LogP contribution in [0.3, 0.4) is 0 Å². The monoisotopic (exact) mass is 456 g/mol. The van der Waals surface area contributed by atoms with E-state index in [0.29, 0.717) is 25.7 Å². The summed E-state index contributed by atoms with van der Waals surface area (Å²) in [6.07, 6.45) is 5.93. The second-order valence-electron chi connectivity index (χ2n) is 8.76. The standard InChI is InChI=1S/C24H40O8/c1-17(25)10-6-3-4-8-12-19(26)14-15-23(29)32-22-16-21(28)20(27)13-9-5-7-11-18(2)31-24(22)30/h14-15,17-20,22,25-27H,3-13,16H2,1-2H3/t17?,18?,19?,20-,22+/m0/s1. The molecule has 0 aromatic rings. The van der Waals surface area contributed by atoms with E-state index in [0.717, 1.165) is 51.0 Å². The zero-order valence-corrected chi connectivity index (χ0v) is 19.4. The smallest absolute Gasteiger partial charge is 0.348 e. The molecule has 3 unspecified atom stereocenters. The fourth-order valence-electron chi connectivity index (χ4n) is 3.54. The van der Waals surface area contributed by atoms with Crippen molar-refractivity contribution in [3.05, 3.63) is 12.2 Å². The van der Waals surface area contributed by atoms with Crippen molar-refractivity contribution < 1.29 is 39.2 Å². The van der Waals surface area contributed by atoms with E-state index in [2.05, 4.69) is 0 Å². The molecule has 3 N–H and O–H groups in total.